The summed E-state index contributed by atoms with van der Waals surface area (Å²) in [7, 11) is 0. The minimum Gasteiger partial charge on any atom is -0.357 e. The number of nitrogens with one attached hydrogen (secondary N) is 2. The minimum absolute atomic E-state index is 0. The van der Waals surface area contributed by atoms with Gasteiger partial charge in [-0.1, -0.05) is 38.1 Å². The van der Waals surface area contributed by atoms with Gasteiger partial charge in [-0.25, -0.2) is 14.4 Å². The van der Waals surface area contributed by atoms with Gasteiger partial charge in [-0.15, -0.1) is 24.0 Å². The van der Waals surface area contributed by atoms with E-state index in [-0.39, 0.29) is 35.8 Å². The minimum atomic E-state index is -0.270. The lowest BCUT2D eigenvalue weighted by Gasteiger charge is -2.20. The Morgan fingerprint density at radius 2 is 1.97 bits per heavy atom. The van der Waals surface area contributed by atoms with Gasteiger partial charge >= 0.3 is 0 Å². The molecule has 0 amide bonds. The molecule has 1 fully saturated rings. The number of hydrogen-bond donors (Lipinski definition) is 2. The molecule has 1 saturated heterocycles. The van der Waals surface area contributed by atoms with Gasteiger partial charge in [0.1, 0.15) is 0 Å². The summed E-state index contributed by atoms with van der Waals surface area (Å²) >= 11 is 0. The van der Waals surface area contributed by atoms with Crippen molar-refractivity contribution in [3.63, 3.8) is 0 Å². The summed E-state index contributed by atoms with van der Waals surface area (Å²) in [4.78, 5) is 13.4. The molecule has 0 radical (unpaired) electrons. The second-order valence-corrected chi connectivity index (χ2v) is 7.86. The van der Waals surface area contributed by atoms with Gasteiger partial charge in [0.25, 0.3) is 0 Å². The number of nitrogens with zero attached hydrogens (tertiary/aromatic N) is 4. The van der Waals surface area contributed by atoms with E-state index < -0.39 is 0 Å². The third-order valence-electron chi connectivity index (χ3n) is 5.62. The fraction of sp³-hybridized carbons (Fsp3) is 0.500. The van der Waals surface area contributed by atoms with Crippen LogP contribution in [0.4, 0.5) is 10.2 Å². The SMILES string of the molecule is CCNC(=NCc1cccc(CN(CC)CC)c1)NC1CCN(c2ncccc2F)C1.I. The number of aliphatic imine (C=N–C) groups is 1. The first-order valence-electron chi connectivity index (χ1n) is 11.3. The smallest absolute Gasteiger partial charge is 0.191 e. The van der Waals surface area contributed by atoms with Gasteiger partial charge in [-0.05, 0) is 49.7 Å². The fourth-order valence-electron chi connectivity index (χ4n) is 3.90. The number of anilines is 1. The van der Waals surface area contributed by atoms with Crippen LogP contribution in [0.2, 0.25) is 0 Å². The zero-order chi connectivity index (χ0) is 22.1. The summed E-state index contributed by atoms with van der Waals surface area (Å²) in [5, 5.41) is 6.84. The molecule has 0 spiro atoms. The summed E-state index contributed by atoms with van der Waals surface area (Å²) in [5.74, 6) is 0.956. The van der Waals surface area contributed by atoms with Crippen LogP contribution in [0, 0.1) is 5.82 Å². The van der Waals surface area contributed by atoms with Crippen LogP contribution in [0.3, 0.4) is 0 Å². The van der Waals surface area contributed by atoms with Crippen LogP contribution in [0.25, 0.3) is 0 Å². The Labute approximate surface area is 208 Å². The first-order valence-corrected chi connectivity index (χ1v) is 11.3. The maximum absolute atomic E-state index is 14.1. The number of guanidine groups is 1. The largest absolute Gasteiger partial charge is 0.357 e. The molecule has 8 heteroatoms. The van der Waals surface area contributed by atoms with Gasteiger partial charge in [0, 0.05) is 38.4 Å². The predicted octanol–water partition coefficient (Wildman–Crippen LogP) is 4.01. The van der Waals surface area contributed by atoms with Crippen molar-refractivity contribution in [3.8, 4) is 0 Å². The molecular formula is C24H36FIN6. The average Bonchev–Trinajstić information content (AvgIpc) is 3.25. The van der Waals surface area contributed by atoms with Crippen molar-refractivity contribution in [1.29, 1.82) is 0 Å². The van der Waals surface area contributed by atoms with Crippen LogP contribution in [-0.4, -0.2) is 54.6 Å². The number of pyridine rings is 1. The molecule has 32 heavy (non-hydrogen) atoms. The number of benzene rings is 1. The molecule has 6 nitrogen and oxygen atoms in total. The second-order valence-electron chi connectivity index (χ2n) is 7.86. The molecule has 0 aliphatic carbocycles. The monoisotopic (exact) mass is 554 g/mol. The maximum Gasteiger partial charge on any atom is 0.191 e. The van der Waals surface area contributed by atoms with E-state index in [1.165, 1.54) is 17.2 Å². The number of aromatic nitrogens is 1. The average molecular weight is 554 g/mol. The first kappa shape index (κ1) is 26.3. The Morgan fingerprint density at radius 3 is 2.69 bits per heavy atom. The van der Waals surface area contributed by atoms with Gasteiger partial charge < -0.3 is 15.5 Å². The molecule has 0 bridgehead atoms. The van der Waals surface area contributed by atoms with Crippen molar-refractivity contribution in [2.24, 2.45) is 4.99 Å². The van der Waals surface area contributed by atoms with Crippen LogP contribution < -0.4 is 15.5 Å². The van der Waals surface area contributed by atoms with Crippen molar-refractivity contribution in [2.75, 3.05) is 37.6 Å². The molecule has 2 heterocycles. The van der Waals surface area contributed by atoms with E-state index in [1.807, 2.05) is 4.90 Å². The van der Waals surface area contributed by atoms with Crippen LogP contribution in [0.5, 0.6) is 0 Å². The van der Waals surface area contributed by atoms with Gasteiger partial charge in [-0.3, -0.25) is 4.90 Å². The van der Waals surface area contributed by atoms with Crippen molar-refractivity contribution < 1.29 is 4.39 Å². The normalized spacial score (nSPS) is 16.2. The van der Waals surface area contributed by atoms with Gasteiger partial charge in [0.05, 0.1) is 6.54 Å². The summed E-state index contributed by atoms with van der Waals surface area (Å²) in [6, 6.07) is 11.9. The Bertz CT molecular complexity index is 858. The van der Waals surface area contributed by atoms with Crippen molar-refractivity contribution >= 4 is 35.8 Å². The number of hydrogen-bond acceptors (Lipinski definition) is 4. The van der Waals surface area contributed by atoms with Crippen LogP contribution >= 0.6 is 24.0 Å². The van der Waals surface area contributed by atoms with Crippen LogP contribution in [0.15, 0.2) is 47.6 Å². The van der Waals surface area contributed by atoms with Gasteiger partial charge in [0.2, 0.25) is 0 Å². The molecule has 1 aromatic heterocycles. The molecule has 176 valence electrons. The Hall–Kier alpha value is -1.94. The van der Waals surface area contributed by atoms with Crippen LogP contribution in [-0.2, 0) is 13.1 Å². The molecule has 2 N–H and O–H groups in total. The third-order valence-corrected chi connectivity index (χ3v) is 5.62. The Morgan fingerprint density at radius 1 is 1.19 bits per heavy atom. The Kier molecular flexibility index (Phi) is 11.2. The molecule has 1 unspecified atom stereocenters. The van der Waals surface area contributed by atoms with Crippen molar-refractivity contribution in [2.45, 2.75) is 46.3 Å². The Balaban J connectivity index is 0.00000363. The van der Waals surface area contributed by atoms with E-state index >= 15 is 0 Å². The molecule has 1 aliphatic rings. The standard InChI is InChI=1S/C24H35FN6.HI/c1-4-26-24(28-16-19-9-7-10-20(15-19)17-30(5-2)6-3)29-21-12-14-31(18-21)23-22(25)11-8-13-27-23;/h7-11,13,15,21H,4-6,12,14,16-18H2,1-3H3,(H2,26,28,29);1H. The molecule has 1 atom stereocenters. The third kappa shape index (κ3) is 7.58. The summed E-state index contributed by atoms with van der Waals surface area (Å²) < 4.78 is 14.1. The lowest BCUT2D eigenvalue weighted by atomic mass is 10.1. The first-order chi connectivity index (χ1) is 15.1. The molecule has 1 aliphatic heterocycles. The summed E-state index contributed by atoms with van der Waals surface area (Å²) in [5.41, 5.74) is 2.52. The molecule has 1 aromatic carbocycles. The van der Waals surface area contributed by atoms with Gasteiger partial charge in [0.15, 0.2) is 17.6 Å². The molecule has 3 rings (SSSR count). The molecule has 2 aromatic rings. The predicted molar refractivity (Wildman–Crippen MR) is 141 cm³/mol. The number of rotatable bonds is 9. The highest BCUT2D eigenvalue weighted by Gasteiger charge is 2.25. The van der Waals surface area contributed by atoms with E-state index in [0.717, 1.165) is 45.1 Å². The lowest BCUT2D eigenvalue weighted by molar-refractivity contribution is 0.296. The maximum atomic E-state index is 14.1. The fourth-order valence-corrected chi connectivity index (χ4v) is 3.90. The summed E-state index contributed by atoms with van der Waals surface area (Å²) in [6.45, 7) is 12.4. The quantitative estimate of drug-likeness (QED) is 0.279. The highest BCUT2D eigenvalue weighted by atomic mass is 127. The van der Waals surface area contributed by atoms with E-state index in [1.54, 1.807) is 12.3 Å². The highest BCUT2D eigenvalue weighted by Crippen LogP contribution is 2.20. The van der Waals surface area contributed by atoms with E-state index in [4.69, 9.17) is 4.99 Å². The van der Waals surface area contributed by atoms with Crippen LogP contribution in [0.1, 0.15) is 38.3 Å². The zero-order valence-electron chi connectivity index (χ0n) is 19.4. The molecule has 0 saturated carbocycles. The number of halogens is 2. The van der Waals surface area contributed by atoms with Gasteiger partial charge in [-0.2, -0.15) is 0 Å². The molecular weight excluding hydrogens is 518 g/mol. The topological polar surface area (TPSA) is 55.8 Å². The highest BCUT2D eigenvalue weighted by molar-refractivity contribution is 14.0. The second kappa shape index (κ2) is 13.6. The lowest BCUT2D eigenvalue weighted by Crippen LogP contribution is -2.44. The summed E-state index contributed by atoms with van der Waals surface area (Å²) in [6.07, 6.45) is 2.55. The zero-order valence-corrected chi connectivity index (χ0v) is 21.7. The van der Waals surface area contributed by atoms with Crippen molar-refractivity contribution in [1.82, 2.24) is 20.5 Å². The van der Waals surface area contributed by atoms with Crippen molar-refractivity contribution in [3.05, 3.63) is 59.5 Å². The van der Waals surface area contributed by atoms with E-state index in [9.17, 15) is 4.39 Å². The van der Waals surface area contributed by atoms with E-state index in [0.29, 0.717) is 18.9 Å². The van der Waals surface area contributed by atoms with E-state index in [2.05, 4.69) is 65.6 Å².